The number of fused-ring (bicyclic) bond motifs is 1. The van der Waals surface area contributed by atoms with Gasteiger partial charge in [-0.25, -0.2) is 4.98 Å². The molecule has 6 nitrogen and oxygen atoms in total. The number of hydrogen-bond acceptors (Lipinski definition) is 4. The highest BCUT2D eigenvalue weighted by Crippen LogP contribution is 2.23. The minimum Gasteiger partial charge on any atom is -0.353 e. The van der Waals surface area contributed by atoms with Crippen molar-refractivity contribution in [3.05, 3.63) is 53.8 Å². The standard InChI is InChI=1S/C19H20ClN5O/c20-16-4-3-5-17-15(16)14-22-25(17)9-7-19(26)24-12-10-23(11-13-24)18-6-1-2-8-21-18/h1-6,8,14H,7,9-13H2. The summed E-state index contributed by atoms with van der Waals surface area (Å²) in [5.74, 6) is 1.14. The molecule has 0 aliphatic carbocycles. The van der Waals surface area contributed by atoms with Crippen LogP contribution in [0.4, 0.5) is 5.82 Å². The zero-order valence-corrected chi connectivity index (χ0v) is 15.1. The summed E-state index contributed by atoms with van der Waals surface area (Å²) in [5, 5.41) is 5.98. The number of carbonyl (C=O) groups excluding carboxylic acids is 1. The van der Waals surface area contributed by atoms with Gasteiger partial charge < -0.3 is 9.80 Å². The molecule has 1 aliphatic rings. The molecule has 1 amide bonds. The first kappa shape index (κ1) is 16.8. The normalized spacial score (nSPS) is 14.8. The van der Waals surface area contributed by atoms with Gasteiger partial charge in [0.05, 0.1) is 23.3 Å². The molecule has 0 atom stereocenters. The Morgan fingerprint density at radius 1 is 1.08 bits per heavy atom. The van der Waals surface area contributed by atoms with E-state index >= 15 is 0 Å². The lowest BCUT2D eigenvalue weighted by molar-refractivity contribution is -0.131. The van der Waals surface area contributed by atoms with Crippen LogP contribution in [0.25, 0.3) is 10.9 Å². The second-order valence-electron chi connectivity index (χ2n) is 6.35. The van der Waals surface area contributed by atoms with Crippen molar-refractivity contribution in [2.24, 2.45) is 0 Å². The van der Waals surface area contributed by atoms with Crippen molar-refractivity contribution in [3.8, 4) is 0 Å². The molecule has 1 aromatic carbocycles. The maximum Gasteiger partial charge on any atom is 0.224 e. The van der Waals surface area contributed by atoms with Crippen LogP contribution < -0.4 is 4.90 Å². The van der Waals surface area contributed by atoms with Crippen LogP contribution in [0.15, 0.2) is 48.8 Å². The Hall–Kier alpha value is -2.60. The molecule has 4 rings (SSSR count). The molecule has 1 fully saturated rings. The summed E-state index contributed by atoms with van der Waals surface area (Å²) in [6.45, 7) is 3.62. The average Bonchev–Trinajstić information content (AvgIpc) is 3.11. The largest absolute Gasteiger partial charge is 0.353 e. The van der Waals surface area contributed by atoms with E-state index in [0.717, 1.165) is 42.9 Å². The van der Waals surface area contributed by atoms with Crippen LogP contribution >= 0.6 is 11.6 Å². The van der Waals surface area contributed by atoms with Crippen LogP contribution in [-0.2, 0) is 11.3 Å². The number of carbonyl (C=O) groups is 1. The molecule has 3 heterocycles. The van der Waals surface area contributed by atoms with Gasteiger partial charge in [0.2, 0.25) is 5.91 Å². The molecule has 0 unspecified atom stereocenters. The number of halogens is 1. The van der Waals surface area contributed by atoms with Gasteiger partial charge in [0, 0.05) is 44.2 Å². The maximum absolute atomic E-state index is 12.6. The van der Waals surface area contributed by atoms with Crippen LogP contribution in [0.3, 0.4) is 0 Å². The molecule has 1 aliphatic heterocycles. The number of amides is 1. The number of nitrogens with zero attached hydrogens (tertiary/aromatic N) is 5. The van der Waals surface area contributed by atoms with Gasteiger partial charge in [-0.3, -0.25) is 9.48 Å². The highest BCUT2D eigenvalue weighted by atomic mass is 35.5. The van der Waals surface area contributed by atoms with Gasteiger partial charge in [-0.1, -0.05) is 23.7 Å². The molecule has 0 bridgehead atoms. The molecule has 0 spiro atoms. The number of aryl methyl sites for hydroxylation is 1. The van der Waals surface area contributed by atoms with E-state index in [1.165, 1.54) is 0 Å². The third-order valence-electron chi connectivity index (χ3n) is 4.78. The highest BCUT2D eigenvalue weighted by molar-refractivity contribution is 6.35. The van der Waals surface area contributed by atoms with E-state index in [-0.39, 0.29) is 5.91 Å². The molecular formula is C19H20ClN5O. The molecule has 1 saturated heterocycles. The minimum absolute atomic E-state index is 0.163. The van der Waals surface area contributed by atoms with Crippen molar-refractivity contribution in [1.29, 1.82) is 0 Å². The average molecular weight is 370 g/mol. The number of anilines is 1. The molecule has 3 aromatic rings. The summed E-state index contributed by atoms with van der Waals surface area (Å²) in [4.78, 5) is 21.1. The summed E-state index contributed by atoms with van der Waals surface area (Å²) in [5.41, 5.74) is 0.963. The fourth-order valence-electron chi connectivity index (χ4n) is 3.33. The van der Waals surface area contributed by atoms with E-state index in [4.69, 9.17) is 11.6 Å². The smallest absolute Gasteiger partial charge is 0.224 e. The van der Waals surface area contributed by atoms with Crippen LogP contribution in [0, 0.1) is 0 Å². The number of pyridine rings is 1. The first-order valence-electron chi connectivity index (χ1n) is 8.76. The maximum atomic E-state index is 12.6. The zero-order chi connectivity index (χ0) is 17.9. The Balaban J connectivity index is 1.34. The summed E-state index contributed by atoms with van der Waals surface area (Å²) in [7, 11) is 0. The second kappa shape index (κ2) is 7.33. The summed E-state index contributed by atoms with van der Waals surface area (Å²) < 4.78 is 1.85. The Labute approximate surface area is 157 Å². The van der Waals surface area contributed by atoms with Gasteiger partial charge in [0.15, 0.2) is 0 Å². The topological polar surface area (TPSA) is 54.3 Å². The van der Waals surface area contributed by atoms with Gasteiger partial charge in [-0.05, 0) is 24.3 Å². The lowest BCUT2D eigenvalue weighted by atomic mass is 10.2. The van der Waals surface area contributed by atoms with Crippen molar-refractivity contribution in [2.45, 2.75) is 13.0 Å². The van der Waals surface area contributed by atoms with Gasteiger partial charge in [0.1, 0.15) is 5.82 Å². The Kier molecular flexibility index (Phi) is 4.75. The van der Waals surface area contributed by atoms with E-state index in [0.29, 0.717) is 18.0 Å². The SMILES string of the molecule is O=C(CCn1ncc2c(Cl)cccc21)N1CCN(c2ccccn2)CC1. The molecule has 0 N–H and O–H groups in total. The first-order chi connectivity index (χ1) is 12.7. The van der Waals surface area contributed by atoms with E-state index in [1.807, 2.05) is 46.0 Å². The fraction of sp³-hybridized carbons (Fsp3) is 0.316. The van der Waals surface area contributed by atoms with Gasteiger partial charge in [0.25, 0.3) is 0 Å². The van der Waals surface area contributed by atoms with Gasteiger partial charge in [-0.15, -0.1) is 0 Å². The van der Waals surface area contributed by atoms with Crippen molar-refractivity contribution in [1.82, 2.24) is 19.7 Å². The van der Waals surface area contributed by atoms with E-state index < -0.39 is 0 Å². The third-order valence-corrected chi connectivity index (χ3v) is 5.11. The highest BCUT2D eigenvalue weighted by Gasteiger charge is 2.21. The predicted octanol–water partition coefficient (Wildman–Crippen LogP) is 2.82. The van der Waals surface area contributed by atoms with Crippen LogP contribution in [0.2, 0.25) is 5.02 Å². The predicted molar refractivity (Wildman–Crippen MR) is 102 cm³/mol. The summed E-state index contributed by atoms with van der Waals surface area (Å²) in [6.07, 6.45) is 3.99. The van der Waals surface area contributed by atoms with Crippen LogP contribution in [0.1, 0.15) is 6.42 Å². The zero-order valence-electron chi connectivity index (χ0n) is 14.4. The van der Waals surface area contributed by atoms with Gasteiger partial charge in [-0.2, -0.15) is 5.10 Å². The lowest BCUT2D eigenvalue weighted by Gasteiger charge is -2.35. The number of rotatable bonds is 4. The number of piperazine rings is 1. The molecule has 26 heavy (non-hydrogen) atoms. The Morgan fingerprint density at radius 3 is 2.69 bits per heavy atom. The monoisotopic (exact) mass is 369 g/mol. The van der Waals surface area contributed by atoms with Crippen molar-refractivity contribution in [2.75, 3.05) is 31.1 Å². The minimum atomic E-state index is 0.163. The number of aromatic nitrogens is 3. The summed E-state index contributed by atoms with van der Waals surface area (Å²) >= 11 is 6.18. The molecular weight excluding hydrogens is 350 g/mol. The number of benzene rings is 1. The molecule has 2 aromatic heterocycles. The fourth-order valence-corrected chi connectivity index (χ4v) is 3.55. The Morgan fingerprint density at radius 2 is 1.92 bits per heavy atom. The quantitative estimate of drug-likeness (QED) is 0.709. The Bertz CT molecular complexity index is 903. The molecule has 0 saturated carbocycles. The van der Waals surface area contributed by atoms with Gasteiger partial charge >= 0.3 is 0 Å². The lowest BCUT2D eigenvalue weighted by Crippen LogP contribution is -2.49. The van der Waals surface area contributed by atoms with E-state index in [9.17, 15) is 4.79 Å². The number of hydrogen-bond donors (Lipinski definition) is 0. The molecule has 7 heteroatoms. The molecule has 0 radical (unpaired) electrons. The van der Waals surface area contributed by atoms with E-state index in [2.05, 4.69) is 15.0 Å². The van der Waals surface area contributed by atoms with Crippen molar-refractivity contribution >= 4 is 34.2 Å². The third kappa shape index (κ3) is 3.37. The van der Waals surface area contributed by atoms with Crippen LogP contribution in [0.5, 0.6) is 0 Å². The van der Waals surface area contributed by atoms with Crippen molar-refractivity contribution in [3.63, 3.8) is 0 Å². The molecule has 134 valence electrons. The summed E-state index contributed by atoms with van der Waals surface area (Å²) in [6, 6.07) is 11.6. The van der Waals surface area contributed by atoms with E-state index in [1.54, 1.807) is 12.4 Å². The van der Waals surface area contributed by atoms with Crippen molar-refractivity contribution < 1.29 is 4.79 Å². The second-order valence-corrected chi connectivity index (χ2v) is 6.75. The van der Waals surface area contributed by atoms with Crippen LogP contribution in [-0.4, -0.2) is 51.8 Å². The first-order valence-corrected chi connectivity index (χ1v) is 9.14.